The maximum absolute atomic E-state index is 13.0. The first kappa shape index (κ1) is 18.0. The number of rotatable bonds is 5. The number of aromatic nitrogens is 3. The summed E-state index contributed by atoms with van der Waals surface area (Å²) < 4.78 is 14.2. The summed E-state index contributed by atoms with van der Waals surface area (Å²) in [7, 11) is 0. The van der Waals surface area contributed by atoms with Crippen LogP contribution in [0.15, 0.2) is 65.8 Å². The molecule has 2 aromatic carbocycles. The van der Waals surface area contributed by atoms with Crippen molar-refractivity contribution in [1.29, 1.82) is 0 Å². The van der Waals surface area contributed by atoms with Gasteiger partial charge in [-0.1, -0.05) is 24.3 Å². The molecule has 28 heavy (non-hydrogen) atoms. The fraction of sp³-hybridized carbons (Fsp3) is 0.100. The molecule has 0 unspecified atom stereocenters. The second kappa shape index (κ2) is 7.69. The van der Waals surface area contributed by atoms with Crippen molar-refractivity contribution in [2.75, 3.05) is 5.32 Å². The molecule has 1 N–H and O–H groups in total. The van der Waals surface area contributed by atoms with E-state index < -0.39 is 0 Å². The zero-order valence-electron chi connectivity index (χ0n) is 14.6. The van der Waals surface area contributed by atoms with Gasteiger partial charge in [0, 0.05) is 17.5 Å². The zero-order valence-corrected chi connectivity index (χ0v) is 15.4. The molecule has 4 rings (SSSR count). The second-order valence-corrected chi connectivity index (χ2v) is 7.29. The fourth-order valence-electron chi connectivity index (χ4n) is 2.78. The molecule has 140 valence electrons. The first-order valence-electron chi connectivity index (χ1n) is 8.52. The Morgan fingerprint density at radius 1 is 1.11 bits per heavy atom. The van der Waals surface area contributed by atoms with Crippen LogP contribution in [0.3, 0.4) is 0 Å². The van der Waals surface area contributed by atoms with Crippen LogP contribution in [-0.2, 0) is 17.8 Å². The lowest BCUT2D eigenvalue weighted by atomic mass is 10.1. The Morgan fingerprint density at radius 3 is 2.71 bits per heavy atom. The van der Waals surface area contributed by atoms with E-state index in [0.717, 1.165) is 10.4 Å². The van der Waals surface area contributed by atoms with Crippen LogP contribution >= 0.6 is 11.3 Å². The third kappa shape index (κ3) is 3.96. The molecule has 0 bridgehead atoms. The topological polar surface area (TPSA) is 76.9 Å². The SMILES string of the molecule is O=C(Cn1cnc2ccccc2c1=O)Nc1ncc(Cc2ccc(F)cc2)s1. The highest BCUT2D eigenvalue weighted by atomic mass is 32.1. The second-order valence-electron chi connectivity index (χ2n) is 6.18. The Labute approximate surface area is 163 Å². The minimum absolute atomic E-state index is 0.149. The third-order valence-corrected chi connectivity index (χ3v) is 5.05. The number of nitrogens with zero attached hydrogens (tertiary/aromatic N) is 3. The summed E-state index contributed by atoms with van der Waals surface area (Å²) in [6.45, 7) is -0.149. The van der Waals surface area contributed by atoms with Crippen molar-refractivity contribution in [3.05, 3.63) is 87.7 Å². The highest BCUT2D eigenvalue weighted by molar-refractivity contribution is 7.15. The van der Waals surface area contributed by atoms with Gasteiger partial charge in [0.25, 0.3) is 5.56 Å². The van der Waals surface area contributed by atoms with Crippen LogP contribution in [0.2, 0.25) is 0 Å². The van der Waals surface area contributed by atoms with Crippen LogP contribution in [0.4, 0.5) is 9.52 Å². The minimum atomic E-state index is -0.359. The Bertz CT molecular complexity index is 1200. The van der Waals surface area contributed by atoms with Crippen molar-refractivity contribution in [2.24, 2.45) is 0 Å². The number of carbonyl (C=O) groups excluding carboxylic acids is 1. The van der Waals surface area contributed by atoms with E-state index in [-0.39, 0.29) is 23.8 Å². The number of thiazole rings is 1. The zero-order chi connectivity index (χ0) is 19.5. The lowest BCUT2D eigenvalue weighted by molar-refractivity contribution is -0.116. The van der Waals surface area contributed by atoms with Gasteiger partial charge in [-0.2, -0.15) is 0 Å². The van der Waals surface area contributed by atoms with E-state index in [2.05, 4.69) is 15.3 Å². The van der Waals surface area contributed by atoms with Crippen molar-refractivity contribution < 1.29 is 9.18 Å². The number of hydrogen-bond donors (Lipinski definition) is 1. The molecular formula is C20H15FN4O2S. The standard InChI is InChI=1S/C20H15FN4O2S/c21-14-7-5-13(6-8-14)9-15-10-22-20(28-15)24-18(26)11-25-12-23-17-4-2-1-3-16(17)19(25)27/h1-8,10,12H,9,11H2,(H,22,24,26). The number of anilines is 1. The number of nitrogens with one attached hydrogen (secondary N) is 1. The molecule has 2 aromatic heterocycles. The van der Waals surface area contributed by atoms with Crippen molar-refractivity contribution in [3.63, 3.8) is 0 Å². The van der Waals surface area contributed by atoms with E-state index >= 15 is 0 Å². The quantitative estimate of drug-likeness (QED) is 0.564. The van der Waals surface area contributed by atoms with Gasteiger partial charge in [0.2, 0.25) is 5.91 Å². The largest absolute Gasteiger partial charge is 0.300 e. The number of carbonyl (C=O) groups is 1. The smallest absolute Gasteiger partial charge is 0.261 e. The molecule has 2 heterocycles. The van der Waals surface area contributed by atoms with Gasteiger partial charge in [0.15, 0.2) is 5.13 Å². The number of benzene rings is 2. The van der Waals surface area contributed by atoms with E-state index in [9.17, 15) is 14.0 Å². The summed E-state index contributed by atoms with van der Waals surface area (Å²) in [6, 6.07) is 13.2. The van der Waals surface area contributed by atoms with Crippen LogP contribution < -0.4 is 10.9 Å². The van der Waals surface area contributed by atoms with Gasteiger partial charge >= 0.3 is 0 Å². The van der Waals surface area contributed by atoms with Gasteiger partial charge in [-0.3, -0.25) is 14.2 Å². The van der Waals surface area contributed by atoms with Gasteiger partial charge < -0.3 is 5.32 Å². The number of para-hydroxylation sites is 1. The molecule has 6 nitrogen and oxygen atoms in total. The molecule has 0 saturated carbocycles. The monoisotopic (exact) mass is 394 g/mol. The Balaban J connectivity index is 1.43. The van der Waals surface area contributed by atoms with Gasteiger partial charge in [0.1, 0.15) is 12.4 Å². The van der Waals surface area contributed by atoms with Gasteiger partial charge in [-0.05, 0) is 29.8 Å². The molecule has 0 atom stereocenters. The molecule has 1 amide bonds. The minimum Gasteiger partial charge on any atom is -0.300 e. The normalized spacial score (nSPS) is 10.9. The van der Waals surface area contributed by atoms with E-state index in [4.69, 9.17) is 0 Å². The van der Waals surface area contributed by atoms with Crippen LogP contribution in [0.1, 0.15) is 10.4 Å². The Kier molecular flexibility index (Phi) is 4.94. The van der Waals surface area contributed by atoms with E-state index in [1.54, 1.807) is 42.6 Å². The predicted molar refractivity (Wildman–Crippen MR) is 106 cm³/mol. The summed E-state index contributed by atoms with van der Waals surface area (Å²) in [4.78, 5) is 34.1. The van der Waals surface area contributed by atoms with Crippen molar-refractivity contribution >= 4 is 33.3 Å². The summed E-state index contributed by atoms with van der Waals surface area (Å²) in [5, 5.41) is 3.62. The average molecular weight is 394 g/mol. The summed E-state index contributed by atoms with van der Waals surface area (Å²) >= 11 is 1.34. The number of hydrogen-bond acceptors (Lipinski definition) is 5. The number of fused-ring (bicyclic) bond motifs is 1. The molecule has 0 spiro atoms. The molecule has 0 radical (unpaired) electrons. The lowest BCUT2D eigenvalue weighted by Gasteiger charge is -2.06. The maximum Gasteiger partial charge on any atom is 0.261 e. The molecule has 0 saturated heterocycles. The van der Waals surface area contributed by atoms with E-state index in [1.807, 2.05) is 0 Å². The van der Waals surface area contributed by atoms with Crippen LogP contribution in [0, 0.1) is 5.82 Å². The van der Waals surface area contributed by atoms with Gasteiger partial charge in [-0.15, -0.1) is 11.3 Å². The van der Waals surface area contributed by atoms with E-state index in [0.29, 0.717) is 22.5 Å². The lowest BCUT2D eigenvalue weighted by Crippen LogP contribution is -2.27. The van der Waals surface area contributed by atoms with Crippen molar-refractivity contribution in [2.45, 2.75) is 13.0 Å². The third-order valence-electron chi connectivity index (χ3n) is 4.14. The number of halogens is 1. The maximum atomic E-state index is 13.0. The molecular weight excluding hydrogens is 379 g/mol. The van der Waals surface area contributed by atoms with Crippen LogP contribution in [0.5, 0.6) is 0 Å². The molecule has 8 heteroatoms. The Morgan fingerprint density at radius 2 is 1.89 bits per heavy atom. The van der Waals surface area contributed by atoms with Crippen LogP contribution in [0.25, 0.3) is 10.9 Å². The highest BCUT2D eigenvalue weighted by Crippen LogP contribution is 2.21. The van der Waals surface area contributed by atoms with Gasteiger partial charge in [0.05, 0.1) is 17.2 Å². The summed E-state index contributed by atoms with van der Waals surface area (Å²) in [5.41, 5.74) is 1.28. The number of amides is 1. The molecule has 4 aromatic rings. The molecule has 0 fully saturated rings. The summed E-state index contributed by atoms with van der Waals surface area (Å²) in [6.07, 6.45) is 3.64. The molecule has 0 aliphatic rings. The predicted octanol–water partition coefficient (Wildman–Crippen LogP) is 3.22. The van der Waals surface area contributed by atoms with Crippen LogP contribution in [-0.4, -0.2) is 20.4 Å². The first-order chi connectivity index (χ1) is 13.6. The van der Waals surface area contributed by atoms with Crippen molar-refractivity contribution in [3.8, 4) is 0 Å². The molecule has 0 aliphatic heterocycles. The average Bonchev–Trinajstić information content (AvgIpc) is 3.13. The highest BCUT2D eigenvalue weighted by Gasteiger charge is 2.11. The molecule has 0 aliphatic carbocycles. The Hall–Kier alpha value is -3.39. The van der Waals surface area contributed by atoms with Gasteiger partial charge in [-0.25, -0.2) is 14.4 Å². The van der Waals surface area contributed by atoms with Crippen molar-refractivity contribution in [1.82, 2.24) is 14.5 Å². The first-order valence-corrected chi connectivity index (χ1v) is 9.33. The fourth-order valence-corrected chi connectivity index (χ4v) is 3.65. The van der Waals surface area contributed by atoms with E-state index in [1.165, 1.54) is 34.4 Å². The summed E-state index contributed by atoms with van der Waals surface area (Å²) in [5.74, 6) is -0.638.